The number of hydrogen-bond acceptors (Lipinski definition) is 3. The van der Waals surface area contributed by atoms with Crippen LogP contribution in [0.25, 0.3) is 0 Å². The maximum absolute atomic E-state index is 12.8. The van der Waals surface area contributed by atoms with Crippen molar-refractivity contribution < 1.29 is 9.59 Å². The van der Waals surface area contributed by atoms with Crippen LogP contribution in [0.15, 0.2) is 42.7 Å². The van der Waals surface area contributed by atoms with Crippen LogP contribution in [0.5, 0.6) is 0 Å². The second-order valence-electron chi connectivity index (χ2n) is 5.05. The molecule has 1 aromatic carbocycles. The lowest BCUT2D eigenvalue weighted by Gasteiger charge is -2.22. The van der Waals surface area contributed by atoms with Gasteiger partial charge in [0.25, 0.3) is 5.91 Å². The summed E-state index contributed by atoms with van der Waals surface area (Å²) in [5.41, 5.74) is 1.91. The Labute approximate surface area is 140 Å². The molecule has 0 atom stereocenters. The Morgan fingerprint density at radius 2 is 1.91 bits per heavy atom. The average molecular weight is 332 g/mol. The second kappa shape index (κ2) is 7.74. The van der Waals surface area contributed by atoms with Crippen molar-refractivity contribution in [3.8, 4) is 0 Å². The van der Waals surface area contributed by atoms with Crippen molar-refractivity contribution in [3.05, 3.63) is 58.9 Å². The Morgan fingerprint density at radius 1 is 1.22 bits per heavy atom. The smallest absolute Gasteiger partial charge is 0.255 e. The third kappa shape index (κ3) is 4.53. The van der Waals surface area contributed by atoms with Gasteiger partial charge in [-0.1, -0.05) is 11.6 Å². The molecule has 2 aromatic rings. The summed E-state index contributed by atoms with van der Waals surface area (Å²) in [7, 11) is 0. The molecule has 1 heterocycles. The summed E-state index contributed by atoms with van der Waals surface area (Å²) >= 11 is 6.16. The maximum atomic E-state index is 12.8. The highest BCUT2D eigenvalue weighted by atomic mass is 35.5. The molecule has 0 bridgehead atoms. The molecule has 5 nitrogen and oxygen atoms in total. The summed E-state index contributed by atoms with van der Waals surface area (Å²) in [6.45, 7) is 4.34. The maximum Gasteiger partial charge on any atom is 0.255 e. The summed E-state index contributed by atoms with van der Waals surface area (Å²) in [4.78, 5) is 29.6. The van der Waals surface area contributed by atoms with Crippen molar-refractivity contribution in [2.24, 2.45) is 0 Å². The van der Waals surface area contributed by atoms with Crippen molar-refractivity contribution >= 4 is 29.1 Å². The Balaban J connectivity index is 2.24. The molecule has 0 fully saturated rings. The van der Waals surface area contributed by atoms with Gasteiger partial charge in [-0.2, -0.15) is 0 Å². The number of halogens is 1. The summed E-state index contributed by atoms with van der Waals surface area (Å²) < 4.78 is 0. The number of amides is 2. The van der Waals surface area contributed by atoms with Crippen LogP contribution in [0.3, 0.4) is 0 Å². The van der Waals surface area contributed by atoms with E-state index >= 15 is 0 Å². The molecule has 6 heteroatoms. The predicted octanol–water partition coefficient (Wildman–Crippen LogP) is 3.36. The highest BCUT2D eigenvalue weighted by Crippen LogP contribution is 2.23. The standard InChI is InChI=1S/C17H18ClN3O2/c1-3-21(11-13-6-8-19-9-7-13)17(23)15-10-14(20-12(2)22)4-5-16(15)18/h4-10H,3,11H2,1-2H3,(H,20,22). The minimum Gasteiger partial charge on any atom is -0.335 e. The molecule has 0 aliphatic heterocycles. The van der Waals surface area contributed by atoms with Gasteiger partial charge in [0, 0.05) is 38.1 Å². The predicted molar refractivity (Wildman–Crippen MR) is 90.4 cm³/mol. The molecule has 23 heavy (non-hydrogen) atoms. The number of nitrogens with zero attached hydrogens (tertiary/aromatic N) is 2. The topological polar surface area (TPSA) is 62.3 Å². The first-order valence-electron chi connectivity index (χ1n) is 7.26. The van der Waals surface area contributed by atoms with Gasteiger partial charge < -0.3 is 10.2 Å². The van der Waals surface area contributed by atoms with Crippen molar-refractivity contribution in [2.45, 2.75) is 20.4 Å². The molecule has 120 valence electrons. The average Bonchev–Trinajstić information content (AvgIpc) is 2.54. The van der Waals surface area contributed by atoms with E-state index in [0.29, 0.717) is 29.4 Å². The Hall–Kier alpha value is -2.40. The highest BCUT2D eigenvalue weighted by molar-refractivity contribution is 6.34. The quantitative estimate of drug-likeness (QED) is 0.913. The number of pyridine rings is 1. The van der Waals surface area contributed by atoms with Gasteiger partial charge in [0.15, 0.2) is 0 Å². The van der Waals surface area contributed by atoms with Crippen LogP contribution in [-0.2, 0) is 11.3 Å². The van der Waals surface area contributed by atoms with Crippen LogP contribution in [0.4, 0.5) is 5.69 Å². The van der Waals surface area contributed by atoms with E-state index in [1.165, 1.54) is 6.92 Å². The molecule has 1 aromatic heterocycles. The molecule has 0 spiro atoms. The van der Waals surface area contributed by atoms with E-state index in [2.05, 4.69) is 10.3 Å². The summed E-state index contributed by atoms with van der Waals surface area (Å²) in [6.07, 6.45) is 3.38. The number of carbonyl (C=O) groups excluding carboxylic acids is 2. The zero-order valence-electron chi connectivity index (χ0n) is 13.0. The van der Waals surface area contributed by atoms with E-state index < -0.39 is 0 Å². The molecular formula is C17H18ClN3O2. The second-order valence-corrected chi connectivity index (χ2v) is 5.46. The molecule has 0 saturated carbocycles. The fourth-order valence-corrected chi connectivity index (χ4v) is 2.37. The zero-order chi connectivity index (χ0) is 16.8. The van der Waals surface area contributed by atoms with Crippen molar-refractivity contribution in [1.82, 2.24) is 9.88 Å². The van der Waals surface area contributed by atoms with Crippen LogP contribution >= 0.6 is 11.6 Å². The summed E-state index contributed by atoms with van der Waals surface area (Å²) in [5, 5.41) is 3.02. The van der Waals surface area contributed by atoms with Crippen LogP contribution in [0.1, 0.15) is 29.8 Å². The lowest BCUT2D eigenvalue weighted by Crippen LogP contribution is -2.30. The highest BCUT2D eigenvalue weighted by Gasteiger charge is 2.18. The van der Waals surface area contributed by atoms with Gasteiger partial charge >= 0.3 is 0 Å². The first-order valence-corrected chi connectivity index (χ1v) is 7.64. The summed E-state index contributed by atoms with van der Waals surface area (Å²) in [6, 6.07) is 8.61. The molecule has 1 N–H and O–H groups in total. The monoisotopic (exact) mass is 331 g/mol. The number of hydrogen-bond donors (Lipinski definition) is 1. The van der Waals surface area contributed by atoms with Gasteiger partial charge in [0.1, 0.15) is 0 Å². The molecule has 0 saturated heterocycles. The van der Waals surface area contributed by atoms with E-state index in [1.54, 1.807) is 35.5 Å². The number of carbonyl (C=O) groups is 2. The molecule has 0 unspecified atom stereocenters. The third-order valence-corrected chi connectivity index (χ3v) is 3.64. The van der Waals surface area contributed by atoms with Gasteiger partial charge in [-0.05, 0) is 42.8 Å². The van der Waals surface area contributed by atoms with Crippen LogP contribution in [0.2, 0.25) is 5.02 Å². The van der Waals surface area contributed by atoms with Crippen molar-refractivity contribution in [1.29, 1.82) is 0 Å². The molecule has 2 amide bonds. The molecule has 0 radical (unpaired) electrons. The van der Waals surface area contributed by atoms with E-state index in [1.807, 2.05) is 19.1 Å². The first-order chi connectivity index (χ1) is 11.0. The van der Waals surface area contributed by atoms with Crippen LogP contribution < -0.4 is 5.32 Å². The fourth-order valence-electron chi connectivity index (χ4n) is 2.18. The molecule has 2 rings (SSSR count). The molecule has 0 aliphatic rings. The summed E-state index contributed by atoms with van der Waals surface area (Å²) in [5.74, 6) is -0.378. The van der Waals surface area contributed by atoms with E-state index in [9.17, 15) is 9.59 Å². The van der Waals surface area contributed by atoms with Crippen molar-refractivity contribution in [3.63, 3.8) is 0 Å². The van der Waals surface area contributed by atoms with Crippen LogP contribution in [-0.4, -0.2) is 28.2 Å². The van der Waals surface area contributed by atoms with Gasteiger partial charge in [0.05, 0.1) is 10.6 Å². The number of nitrogens with one attached hydrogen (secondary N) is 1. The Kier molecular flexibility index (Phi) is 5.71. The minimum atomic E-state index is -0.199. The SMILES string of the molecule is CCN(Cc1ccncc1)C(=O)c1cc(NC(C)=O)ccc1Cl. The third-order valence-electron chi connectivity index (χ3n) is 3.31. The molecule has 0 aliphatic carbocycles. The van der Waals surface area contributed by atoms with Crippen molar-refractivity contribution in [2.75, 3.05) is 11.9 Å². The number of anilines is 1. The van der Waals surface area contributed by atoms with Gasteiger partial charge in [0.2, 0.25) is 5.91 Å². The lowest BCUT2D eigenvalue weighted by molar-refractivity contribution is -0.114. The molecular weight excluding hydrogens is 314 g/mol. The van der Waals surface area contributed by atoms with Gasteiger partial charge in [-0.3, -0.25) is 14.6 Å². The zero-order valence-corrected chi connectivity index (χ0v) is 13.8. The first kappa shape index (κ1) is 17.0. The largest absolute Gasteiger partial charge is 0.335 e. The number of aromatic nitrogens is 1. The minimum absolute atomic E-state index is 0.179. The normalized spacial score (nSPS) is 10.2. The van der Waals surface area contributed by atoms with E-state index in [0.717, 1.165) is 5.56 Å². The van der Waals surface area contributed by atoms with Gasteiger partial charge in [-0.15, -0.1) is 0 Å². The number of rotatable bonds is 5. The lowest BCUT2D eigenvalue weighted by atomic mass is 10.1. The van der Waals surface area contributed by atoms with E-state index in [4.69, 9.17) is 11.6 Å². The van der Waals surface area contributed by atoms with Crippen LogP contribution in [0, 0.1) is 0 Å². The fraction of sp³-hybridized carbons (Fsp3) is 0.235. The number of benzene rings is 1. The Morgan fingerprint density at radius 3 is 2.52 bits per heavy atom. The van der Waals surface area contributed by atoms with E-state index in [-0.39, 0.29) is 11.8 Å². The Bertz CT molecular complexity index is 704. The van der Waals surface area contributed by atoms with Gasteiger partial charge in [-0.25, -0.2) is 0 Å².